The lowest BCUT2D eigenvalue weighted by molar-refractivity contribution is -0.0784. The van der Waals surface area contributed by atoms with Crippen LogP contribution in [0.1, 0.15) is 12.5 Å². The summed E-state index contributed by atoms with van der Waals surface area (Å²) in [6, 6.07) is 13.1. The quantitative estimate of drug-likeness (QED) is 0.585. The van der Waals surface area contributed by atoms with Gasteiger partial charge in [0.05, 0.1) is 18.8 Å². The molecule has 8 heteroatoms. The highest BCUT2D eigenvalue weighted by Crippen LogP contribution is 2.38. The van der Waals surface area contributed by atoms with Crippen molar-refractivity contribution in [1.82, 2.24) is 14.5 Å². The molecule has 0 amide bonds. The minimum atomic E-state index is -0.475. The molecule has 1 unspecified atom stereocenters. The molecule has 2 aromatic heterocycles. The van der Waals surface area contributed by atoms with Gasteiger partial charge < -0.3 is 14.4 Å². The summed E-state index contributed by atoms with van der Waals surface area (Å²) in [5.74, 6) is 1.51. The average Bonchev–Trinajstić information content (AvgIpc) is 3.13. The molecule has 1 fully saturated rings. The second-order valence-corrected chi connectivity index (χ2v) is 8.60. The monoisotopic (exact) mass is 438 g/mol. The molecule has 5 rings (SSSR count). The smallest absolute Gasteiger partial charge is 0.255 e. The van der Waals surface area contributed by atoms with Crippen molar-refractivity contribution >= 4 is 17.5 Å². The standard InChI is InChI=1S/C23H23ClN4O3/c1-23(13-16-5-3-4-6-18(16)31-23)19-14-28(9-10-30-19)22-26-17(12-21(29)27(22)2)15-7-8-25-20(24)11-15/h3-8,11-12,19H,9-10,13-14H2,1-2H3/t19-,23?/m1/s1. The summed E-state index contributed by atoms with van der Waals surface area (Å²) in [5, 5.41) is 0.360. The van der Waals surface area contributed by atoms with Gasteiger partial charge in [-0.25, -0.2) is 9.97 Å². The van der Waals surface area contributed by atoms with E-state index in [4.69, 9.17) is 26.1 Å². The van der Waals surface area contributed by atoms with Crippen molar-refractivity contribution in [2.75, 3.05) is 24.6 Å². The fourth-order valence-corrected chi connectivity index (χ4v) is 4.49. The number of fused-ring (bicyclic) bond motifs is 1. The van der Waals surface area contributed by atoms with Crippen molar-refractivity contribution in [3.05, 3.63) is 69.7 Å². The molecule has 7 nitrogen and oxygen atoms in total. The predicted molar refractivity (Wildman–Crippen MR) is 119 cm³/mol. The maximum atomic E-state index is 12.7. The lowest BCUT2D eigenvalue weighted by Gasteiger charge is -2.41. The van der Waals surface area contributed by atoms with Gasteiger partial charge in [-0.15, -0.1) is 0 Å². The number of hydrogen-bond donors (Lipinski definition) is 0. The van der Waals surface area contributed by atoms with E-state index >= 15 is 0 Å². The molecule has 2 aliphatic heterocycles. The van der Waals surface area contributed by atoms with E-state index in [1.54, 1.807) is 29.9 Å². The molecular formula is C23H23ClN4O3. The fraction of sp³-hybridized carbons (Fsp3) is 0.348. The van der Waals surface area contributed by atoms with Gasteiger partial charge in [0.15, 0.2) is 0 Å². The van der Waals surface area contributed by atoms with Crippen molar-refractivity contribution in [3.8, 4) is 17.0 Å². The Labute approximate surface area is 185 Å². The molecule has 0 N–H and O–H groups in total. The highest BCUT2D eigenvalue weighted by molar-refractivity contribution is 6.29. The van der Waals surface area contributed by atoms with Crippen molar-refractivity contribution in [1.29, 1.82) is 0 Å². The molecule has 1 saturated heterocycles. The van der Waals surface area contributed by atoms with Gasteiger partial charge in [-0.1, -0.05) is 29.8 Å². The van der Waals surface area contributed by atoms with E-state index in [0.29, 0.717) is 36.5 Å². The molecule has 3 aromatic rings. The van der Waals surface area contributed by atoms with Gasteiger partial charge in [0.25, 0.3) is 5.56 Å². The second-order valence-electron chi connectivity index (χ2n) is 8.21. The van der Waals surface area contributed by atoms with Gasteiger partial charge in [0.1, 0.15) is 22.6 Å². The number of halogens is 1. The highest BCUT2D eigenvalue weighted by Gasteiger charge is 2.45. The fourth-order valence-electron chi connectivity index (χ4n) is 4.31. The van der Waals surface area contributed by atoms with E-state index < -0.39 is 5.60 Å². The number of benzene rings is 1. The van der Waals surface area contributed by atoms with Crippen LogP contribution in [0.15, 0.2) is 53.5 Å². The Morgan fingerprint density at radius 1 is 1.23 bits per heavy atom. The van der Waals surface area contributed by atoms with Gasteiger partial charge in [0.2, 0.25) is 5.95 Å². The Balaban J connectivity index is 1.45. The summed E-state index contributed by atoms with van der Waals surface area (Å²) >= 11 is 6.04. The topological polar surface area (TPSA) is 69.5 Å². The molecule has 0 aliphatic carbocycles. The van der Waals surface area contributed by atoms with E-state index in [0.717, 1.165) is 17.7 Å². The molecule has 4 heterocycles. The van der Waals surface area contributed by atoms with Crippen molar-refractivity contribution in [3.63, 3.8) is 0 Å². The van der Waals surface area contributed by atoms with E-state index in [-0.39, 0.29) is 11.7 Å². The first-order chi connectivity index (χ1) is 14.9. The van der Waals surface area contributed by atoms with Gasteiger partial charge in [-0.2, -0.15) is 0 Å². The Morgan fingerprint density at radius 3 is 2.87 bits per heavy atom. The van der Waals surface area contributed by atoms with Crippen LogP contribution in [-0.4, -0.2) is 45.9 Å². The van der Waals surface area contributed by atoms with Gasteiger partial charge >= 0.3 is 0 Å². The molecule has 0 saturated carbocycles. The summed E-state index contributed by atoms with van der Waals surface area (Å²) in [5.41, 5.74) is 1.91. The summed E-state index contributed by atoms with van der Waals surface area (Å²) < 4.78 is 14.0. The lowest BCUT2D eigenvalue weighted by Crippen LogP contribution is -2.56. The third-order valence-corrected chi connectivity index (χ3v) is 6.23. The van der Waals surface area contributed by atoms with E-state index in [2.05, 4.69) is 22.9 Å². The molecule has 0 bridgehead atoms. The van der Waals surface area contributed by atoms with E-state index in [1.165, 1.54) is 11.6 Å². The second kappa shape index (κ2) is 7.66. The maximum Gasteiger partial charge on any atom is 0.255 e. The van der Waals surface area contributed by atoms with Gasteiger partial charge in [0, 0.05) is 37.8 Å². The molecule has 1 aromatic carbocycles. The Hall–Kier alpha value is -2.90. The number of hydrogen-bond acceptors (Lipinski definition) is 6. The van der Waals surface area contributed by atoms with Crippen LogP contribution in [-0.2, 0) is 18.2 Å². The number of aromatic nitrogens is 3. The molecule has 31 heavy (non-hydrogen) atoms. The number of pyridine rings is 1. The third kappa shape index (κ3) is 3.68. The normalized spacial score (nSPS) is 22.8. The van der Waals surface area contributed by atoms with Crippen LogP contribution in [0, 0.1) is 0 Å². The zero-order valence-electron chi connectivity index (χ0n) is 17.4. The number of anilines is 1. The maximum absolute atomic E-state index is 12.7. The minimum absolute atomic E-state index is 0.133. The van der Waals surface area contributed by atoms with Crippen molar-refractivity contribution in [2.45, 2.75) is 25.0 Å². The van der Waals surface area contributed by atoms with Crippen LogP contribution >= 0.6 is 11.6 Å². The van der Waals surface area contributed by atoms with Crippen molar-refractivity contribution in [2.24, 2.45) is 7.05 Å². The Morgan fingerprint density at radius 2 is 2.06 bits per heavy atom. The summed E-state index contributed by atoms with van der Waals surface area (Å²) in [6.45, 7) is 3.83. The number of morpholine rings is 1. The highest BCUT2D eigenvalue weighted by atomic mass is 35.5. The average molecular weight is 439 g/mol. The number of nitrogens with zero attached hydrogens (tertiary/aromatic N) is 4. The van der Waals surface area contributed by atoms with Crippen LogP contribution in [0.5, 0.6) is 5.75 Å². The van der Waals surface area contributed by atoms with Crippen LogP contribution in [0.4, 0.5) is 5.95 Å². The first-order valence-corrected chi connectivity index (χ1v) is 10.6. The zero-order valence-corrected chi connectivity index (χ0v) is 18.2. The third-order valence-electron chi connectivity index (χ3n) is 6.02. The predicted octanol–water partition coefficient (Wildman–Crippen LogP) is 3.09. The van der Waals surface area contributed by atoms with Crippen LogP contribution in [0.2, 0.25) is 5.15 Å². The number of rotatable bonds is 3. The SMILES string of the molecule is Cn1c(N2CCO[C@@H](C3(C)Cc4ccccc4O3)C2)nc(-c2ccnc(Cl)c2)cc1=O. The van der Waals surface area contributed by atoms with Crippen LogP contribution in [0.25, 0.3) is 11.3 Å². The van der Waals surface area contributed by atoms with Crippen LogP contribution in [0.3, 0.4) is 0 Å². The Kier molecular flexibility index (Phi) is 4.95. The zero-order chi connectivity index (χ0) is 21.6. The van der Waals surface area contributed by atoms with Gasteiger partial charge in [-0.3, -0.25) is 9.36 Å². The number of para-hydroxylation sites is 1. The van der Waals surface area contributed by atoms with E-state index in [9.17, 15) is 4.79 Å². The molecule has 0 spiro atoms. The van der Waals surface area contributed by atoms with E-state index in [1.807, 2.05) is 18.2 Å². The largest absolute Gasteiger partial charge is 0.484 e. The molecule has 2 atom stereocenters. The summed E-state index contributed by atoms with van der Waals surface area (Å²) in [4.78, 5) is 23.6. The number of ether oxygens (including phenoxy) is 2. The first kappa shape index (κ1) is 20.0. The van der Waals surface area contributed by atoms with Crippen molar-refractivity contribution < 1.29 is 9.47 Å². The molecule has 2 aliphatic rings. The molecule has 0 radical (unpaired) electrons. The first-order valence-electron chi connectivity index (χ1n) is 10.3. The molecular weight excluding hydrogens is 416 g/mol. The summed E-state index contributed by atoms with van der Waals surface area (Å²) in [7, 11) is 1.74. The Bertz CT molecular complexity index is 1170. The molecule has 160 valence electrons. The minimum Gasteiger partial charge on any atom is -0.484 e. The van der Waals surface area contributed by atoms with Crippen LogP contribution < -0.4 is 15.2 Å². The lowest BCUT2D eigenvalue weighted by atomic mass is 9.92. The van der Waals surface area contributed by atoms with Gasteiger partial charge in [-0.05, 0) is 30.7 Å². The summed E-state index contributed by atoms with van der Waals surface area (Å²) in [6.07, 6.45) is 2.23.